The summed E-state index contributed by atoms with van der Waals surface area (Å²) in [5.74, 6) is 0. The van der Waals surface area contributed by atoms with Crippen molar-refractivity contribution in [1.29, 1.82) is 0 Å². The average molecular weight is 252 g/mol. The molecule has 0 saturated carbocycles. The van der Waals surface area contributed by atoms with Crippen molar-refractivity contribution in [3.8, 4) is 0 Å². The Hall–Kier alpha value is -0.790. The Kier molecular flexibility index (Phi) is 5.73. The van der Waals surface area contributed by atoms with Gasteiger partial charge in [-0.3, -0.25) is 0 Å². The van der Waals surface area contributed by atoms with E-state index >= 15 is 0 Å². The van der Waals surface area contributed by atoms with E-state index in [-0.39, 0.29) is 0 Å². The summed E-state index contributed by atoms with van der Waals surface area (Å²) in [6, 6.07) is 6.45. The highest BCUT2D eigenvalue weighted by molar-refractivity contribution is 6.30. The molecule has 1 atom stereocenters. The van der Waals surface area contributed by atoms with Crippen LogP contribution in [0.4, 0.5) is 0 Å². The van der Waals surface area contributed by atoms with Crippen LogP contribution in [0.15, 0.2) is 23.8 Å². The lowest BCUT2D eigenvalue weighted by Gasteiger charge is -2.14. The molecule has 0 aromatic heterocycles. The van der Waals surface area contributed by atoms with E-state index in [2.05, 4.69) is 45.2 Å². The van der Waals surface area contributed by atoms with Gasteiger partial charge in [0.1, 0.15) is 0 Å². The third kappa shape index (κ3) is 4.53. The summed E-state index contributed by atoms with van der Waals surface area (Å²) in [4.78, 5) is 0. The number of hydrogen-bond acceptors (Lipinski definition) is 1. The molecule has 1 nitrogen and oxygen atoms in total. The molecule has 2 heteroatoms. The highest BCUT2D eigenvalue weighted by atomic mass is 35.5. The summed E-state index contributed by atoms with van der Waals surface area (Å²) in [5.41, 5.74) is 3.82. The number of aryl methyl sites for hydroxylation is 1. The second kappa shape index (κ2) is 6.83. The molecule has 0 aliphatic heterocycles. The van der Waals surface area contributed by atoms with E-state index < -0.39 is 0 Å². The normalized spacial score (nSPS) is 13.8. The predicted octanol–water partition coefficient (Wildman–Crippen LogP) is 4.44. The largest absolute Gasteiger partial charge is 0.311 e. The number of hydrogen-bond donors (Lipinski definition) is 1. The van der Waals surface area contributed by atoms with Gasteiger partial charge in [0.2, 0.25) is 0 Å². The standard InChI is InChI=1S/C15H22ClN/c1-5-8-17-13(4)11(2)9-14-6-7-15(16)10-12(14)3/h6-7,9-10,13,17H,5,8H2,1-4H3/b11-9+. The maximum absolute atomic E-state index is 5.95. The van der Waals surface area contributed by atoms with Gasteiger partial charge in [-0.2, -0.15) is 0 Å². The zero-order chi connectivity index (χ0) is 12.8. The van der Waals surface area contributed by atoms with Crippen molar-refractivity contribution in [2.24, 2.45) is 0 Å². The van der Waals surface area contributed by atoms with Gasteiger partial charge in [0.15, 0.2) is 0 Å². The average Bonchev–Trinajstić information content (AvgIpc) is 2.29. The summed E-state index contributed by atoms with van der Waals surface area (Å²) in [5, 5.41) is 4.29. The van der Waals surface area contributed by atoms with Crippen LogP contribution < -0.4 is 5.32 Å². The van der Waals surface area contributed by atoms with Crippen LogP contribution in [0.25, 0.3) is 6.08 Å². The van der Waals surface area contributed by atoms with Gasteiger partial charge < -0.3 is 5.32 Å². The molecule has 17 heavy (non-hydrogen) atoms. The van der Waals surface area contributed by atoms with E-state index in [1.807, 2.05) is 12.1 Å². The molecule has 0 spiro atoms. The minimum absolute atomic E-state index is 0.421. The van der Waals surface area contributed by atoms with Crippen LogP contribution in [-0.4, -0.2) is 12.6 Å². The van der Waals surface area contributed by atoms with Crippen molar-refractivity contribution < 1.29 is 0 Å². The maximum atomic E-state index is 5.95. The molecule has 0 fully saturated rings. The second-order valence-electron chi connectivity index (χ2n) is 4.57. The molecular weight excluding hydrogens is 230 g/mol. The van der Waals surface area contributed by atoms with Gasteiger partial charge in [-0.05, 0) is 57.0 Å². The van der Waals surface area contributed by atoms with Crippen molar-refractivity contribution in [3.05, 3.63) is 39.9 Å². The first kappa shape index (κ1) is 14.3. The highest BCUT2D eigenvalue weighted by Crippen LogP contribution is 2.18. The van der Waals surface area contributed by atoms with Crippen LogP contribution >= 0.6 is 11.6 Å². The summed E-state index contributed by atoms with van der Waals surface area (Å²) in [6.07, 6.45) is 3.40. The second-order valence-corrected chi connectivity index (χ2v) is 5.00. The molecule has 0 radical (unpaired) electrons. The Balaban J connectivity index is 2.79. The molecule has 1 unspecified atom stereocenters. The van der Waals surface area contributed by atoms with Crippen molar-refractivity contribution in [2.75, 3.05) is 6.54 Å². The van der Waals surface area contributed by atoms with Crippen molar-refractivity contribution in [1.82, 2.24) is 5.32 Å². The van der Waals surface area contributed by atoms with Crippen LogP contribution in [0.5, 0.6) is 0 Å². The Morgan fingerprint density at radius 2 is 2.18 bits per heavy atom. The Bertz CT molecular complexity index is 396. The van der Waals surface area contributed by atoms with Crippen molar-refractivity contribution >= 4 is 17.7 Å². The van der Waals surface area contributed by atoms with Crippen LogP contribution in [0.3, 0.4) is 0 Å². The SMILES string of the molecule is CCCNC(C)/C(C)=C/c1ccc(Cl)cc1C. The summed E-state index contributed by atoms with van der Waals surface area (Å²) >= 11 is 5.95. The van der Waals surface area contributed by atoms with Crippen LogP contribution in [0.1, 0.15) is 38.3 Å². The first-order valence-corrected chi connectivity index (χ1v) is 6.60. The minimum Gasteiger partial charge on any atom is -0.311 e. The van der Waals surface area contributed by atoms with Crippen LogP contribution in [0.2, 0.25) is 5.02 Å². The molecule has 1 aromatic rings. The topological polar surface area (TPSA) is 12.0 Å². The van der Waals surface area contributed by atoms with Gasteiger partial charge in [-0.1, -0.05) is 36.2 Å². The van der Waals surface area contributed by atoms with E-state index in [1.165, 1.54) is 16.7 Å². The van der Waals surface area contributed by atoms with Gasteiger partial charge in [-0.15, -0.1) is 0 Å². The molecule has 1 rings (SSSR count). The monoisotopic (exact) mass is 251 g/mol. The highest BCUT2D eigenvalue weighted by Gasteiger charge is 2.03. The van der Waals surface area contributed by atoms with Gasteiger partial charge >= 0.3 is 0 Å². The zero-order valence-electron chi connectivity index (χ0n) is 11.2. The Morgan fingerprint density at radius 3 is 2.76 bits per heavy atom. The molecule has 0 amide bonds. The molecule has 0 heterocycles. The fraction of sp³-hybridized carbons (Fsp3) is 0.467. The lowest BCUT2D eigenvalue weighted by Crippen LogP contribution is -2.27. The van der Waals surface area contributed by atoms with Crippen LogP contribution in [-0.2, 0) is 0 Å². The molecule has 0 bridgehead atoms. The number of rotatable bonds is 5. The number of nitrogens with one attached hydrogen (secondary N) is 1. The first-order valence-electron chi connectivity index (χ1n) is 6.22. The first-order chi connectivity index (χ1) is 8.04. The lowest BCUT2D eigenvalue weighted by molar-refractivity contribution is 0.604. The third-order valence-electron chi connectivity index (χ3n) is 3.00. The van der Waals surface area contributed by atoms with Crippen molar-refractivity contribution in [2.45, 2.75) is 40.2 Å². The molecule has 0 aliphatic rings. The molecule has 1 aromatic carbocycles. The lowest BCUT2D eigenvalue weighted by atomic mass is 10.0. The smallest absolute Gasteiger partial charge is 0.0409 e. The summed E-state index contributed by atoms with van der Waals surface area (Å²) in [7, 11) is 0. The molecule has 0 aliphatic carbocycles. The molecule has 1 N–H and O–H groups in total. The predicted molar refractivity (Wildman–Crippen MR) is 77.6 cm³/mol. The minimum atomic E-state index is 0.421. The quantitative estimate of drug-likeness (QED) is 0.816. The van der Waals surface area contributed by atoms with E-state index in [0.717, 1.165) is 18.0 Å². The zero-order valence-corrected chi connectivity index (χ0v) is 11.9. The van der Waals surface area contributed by atoms with E-state index in [0.29, 0.717) is 6.04 Å². The fourth-order valence-corrected chi connectivity index (χ4v) is 1.92. The molecule has 0 saturated heterocycles. The van der Waals surface area contributed by atoms with Gasteiger partial charge in [-0.25, -0.2) is 0 Å². The molecular formula is C15H22ClN. The van der Waals surface area contributed by atoms with E-state index in [4.69, 9.17) is 11.6 Å². The van der Waals surface area contributed by atoms with Gasteiger partial charge in [0.05, 0.1) is 0 Å². The Morgan fingerprint density at radius 1 is 1.47 bits per heavy atom. The fourth-order valence-electron chi connectivity index (χ4n) is 1.69. The maximum Gasteiger partial charge on any atom is 0.0409 e. The van der Waals surface area contributed by atoms with E-state index in [1.54, 1.807) is 0 Å². The number of benzene rings is 1. The summed E-state index contributed by atoms with van der Waals surface area (Å²) < 4.78 is 0. The van der Waals surface area contributed by atoms with Crippen molar-refractivity contribution in [3.63, 3.8) is 0 Å². The summed E-state index contributed by atoms with van der Waals surface area (Å²) in [6.45, 7) is 9.71. The van der Waals surface area contributed by atoms with E-state index in [9.17, 15) is 0 Å². The van der Waals surface area contributed by atoms with Gasteiger partial charge in [0.25, 0.3) is 0 Å². The van der Waals surface area contributed by atoms with Gasteiger partial charge in [0, 0.05) is 11.1 Å². The molecule has 94 valence electrons. The third-order valence-corrected chi connectivity index (χ3v) is 3.23. The van der Waals surface area contributed by atoms with Crippen LogP contribution in [0, 0.1) is 6.92 Å². The number of halogens is 1. The Labute approximate surface area is 110 Å².